The van der Waals surface area contributed by atoms with Crippen LogP contribution in [0.4, 0.5) is 33.3 Å². The molecule has 3 unspecified atom stereocenters. The molecule has 2 N–H and O–H groups in total. The van der Waals surface area contributed by atoms with Crippen molar-refractivity contribution in [2.75, 3.05) is 4.90 Å². The summed E-state index contributed by atoms with van der Waals surface area (Å²) in [5.41, 5.74) is 2.75. The Kier molecular flexibility index (Phi) is 7.19. The van der Waals surface area contributed by atoms with Gasteiger partial charge in [-0.05, 0) is 67.5 Å². The summed E-state index contributed by atoms with van der Waals surface area (Å²) in [6.45, 7) is 0. The third-order valence-corrected chi connectivity index (χ3v) is 9.01. The lowest BCUT2D eigenvalue weighted by Gasteiger charge is -2.43. The minimum absolute atomic E-state index is 0.332. The molecule has 39 heavy (non-hydrogen) atoms. The molecule has 3 atom stereocenters. The van der Waals surface area contributed by atoms with E-state index in [0.717, 1.165) is 35.3 Å². The topological polar surface area (TPSA) is 69.6 Å². The van der Waals surface area contributed by atoms with E-state index < -0.39 is 50.8 Å². The molecule has 0 bridgehead atoms. The van der Waals surface area contributed by atoms with E-state index in [4.69, 9.17) is 0 Å². The molecule has 1 aliphatic heterocycles. The summed E-state index contributed by atoms with van der Waals surface area (Å²) in [6.07, 6.45) is -3.77. The number of benzene rings is 3. The summed E-state index contributed by atoms with van der Waals surface area (Å²) in [5.74, 6) is -5.12. The van der Waals surface area contributed by atoms with Gasteiger partial charge in [-0.25, -0.2) is 13.1 Å². The van der Waals surface area contributed by atoms with E-state index in [1.807, 2.05) is 48.5 Å². The van der Waals surface area contributed by atoms with Crippen LogP contribution in [0.1, 0.15) is 36.0 Å². The molecule has 1 aliphatic carbocycles. The van der Waals surface area contributed by atoms with Crippen molar-refractivity contribution in [1.29, 1.82) is 0 Å². The predicted molar refractivity (Wildman–Crippen MR) is 137 cm³/mol. The van der Waals surface area contributed by atoms with Crippen molar-refractivity contribution in [3.8, 4) is 0 Å². The highest BCUT2D eigenvalue weighted by Crippen LogP contribution is 2.44. The van der Waals surface area contributed by atoms with Crippen molar-refractivity contribution in [3.63, 3.8) is 0 Å². The predicted octanol–water partition coefficient (Wildman–Crippen LogP) is 5.84. The van der Waals surface area contributed by atoms with Crippen LogP contribution in [-0.4, -0.2) is 37.9 Å². The number of aryl methyl sites for hydroxylation is 2. The molecule has 1 heterocycles. The first-order valence-electron chi connectivity index (χ1n) is 12.6. The molecule has 0 spiro atoms. The molecular formula is C28H27F5N2O3S. The third kappa shape index (κ3) is 5.15. The van der Waals surface area contributed by atoms with Crippen molar-refractivity contribution in [2.45, 2.75) is 67.3 Å². The van der Waals surface area contributed by atoms with Crippen molar-refractivity contribution in [1.82, 2.24) is 4.72 Å². The van der Waals surface area contributed by atoms with Crippen LogP contribution in [0.3, 0.4) is 0 Å². The zero-order valence-corrected chi connectivity index (χ0v) is 21.5. The maximum absolute atomic E-state index is 13.6. The average molecular weight is 567 g/mol. The Morgan fingerprint density at radius 1 is 0.795 bits per heavy atom. The number of nitrogens with one attached hydrogen (secondary N) is 1. The zero-order chi connectivity index (χ0) is 28.0. The SMILES string of the molecule is O=S(=O)(NC1CCCC(N2c3ccccc3CCc3ccccc32)C1O)c1ccc(C(F)(F)C(F)(F)F)cc1. The highest BCUT2D eigenvalue weighted by Gasteiger charge is 2.58. The molecule has 5 rings (SSSR count). The summed E-state index contributed by atoms with van der Waals surface area (Å²) >= 11 is 0. The number of anilines is 2. The molecular weight excluding hydrogens is 539 g/mol. The summed E-state index contributed by atoms with van der Waals surface area (Å²) in [4.78, 5) is 1.61. The molecule has 2 aliphatic rings. The van der Waals surface area contributed by atoms with Gasteiger partial charge in [0, 0.05) is 16.9 Å². The van der Waals surface area contributed by atoms with E-state index in [-0.39, 0.29) is 0 Å². The van der Waals surface area contributed by atoms with Crippen LogP contribution in [0.5, 0.6) is 0 Å². The fourth-order valence-corrected chi connectivity index (χ4v) is 6.80. The quantitative estimate of drug-likeness (QED) is 0.381. The summed E-state index contributed by atoms with van der Waals surface area (Å²) < 4.78 is 94.0. The van der Waals surface area contributed by atoms with E-state index in [1.54, 1.807) is 0 Å². The van der Waals surface area contributed by atoms with Crippen LogP contribution in [0, 0.1) is 0 Å². The van der Waals surface area contributed by atoms with Crippen LogP contribution in [-0.2, 0) is 28.8 Å². The van der Waals surface area contributed by atoms with E-state index in [9.17, 15) is 35.5 Å². The standard InChI is InChI=1S/C28H27F5N2O3S/c29-27(30,28(31,32)33)20-14-16-21(17-15-20)39(37,38)34-22-8-5-11-25(26(22)36)35-23-9-3-1-6-18(23)12-13-19-7-2-4-10-24(19)35/h1-4,6-7,9-10,14-17,22,25-26,34,36H,5,8,11-13H2. The molecule has 1 saturated carbocycles. The minimum atomic E-state index is -5.81. The largest absolute Gasteiger partial charge is 0.458 e. The van der Waals surface area contributed by atoms with Gasteiger partial charge in [-0.15, -0.1) is 0 Å². The van der Waals surface area contributed by atoms with Crippen molar-refractivity contribution in [3.05, 3.63) is 89.5 Å². The number of sulfonamides is 1. The van der Waals surface area contributed by atoms with E-state index >= 15 is 0 Å². The van der Waals surface area contributed by atoms with Gasteiger partial charge in [0.2, 0.25) is 10.0 Å². The van der Waals surface area contributed by atoms with Crippen LogP contribution in [0.25, 0.3) is 0 Å². The van der Waals surface area contributed by atoms with Gasteiger partial charge in [-0.1, -0.05) is 48.5 Å². The molecule has 0 saturated heterocycles. The van der Waals surface area contributed by atoms with Crippen molar-refractivity contribution >= 4 is 21.4 Å². The second-order valence-electron chi connectivity index (χ2n) is 9.94. The van der Waals surface area contributed by atoms with Crippen LogP contribution in [0.15, 0.2) is 77.7 Å². The fraction of sp³-hybridized carbons (Fsp3) is 0.357. The monoisotopic (exact) mass is 566 g/mol. The second-order valence-corrected chi connectivity index (χ2v) is 11.7. The lowest BCUT2D eigenvalue weighted by atomic mass is 9.86. The first kappa shape index (κ1) is 27.5. The van der Waals surface area contributed by atoms with Crippen LogP contribution in [0.2, 0.25) is 0 Å². The Morgan fingerprint density at radius 2 is 1.33 bits per heavy atom. The molecule has 0 aromatic heterocycles. The molecule has 11 heteroatoms. The Labute approximate surface area is 223 Å². The number of para-hydroxylation sites is 2. The molecule has 3 aromatic rings. The van der Waals surface area contributed by atoms with Gasteiger partial charge < -0.3 is 10.0 Å². The molecule has 0 amide bonds. The first-order valence-corrected chi connectivity index (χ1v) is 14.1. The number of aliphatic hydroxyl groups is 1. The molecule has 0 radical (unpaired) electrons. The number of aliphatic hydroxyl groups excluding tert-OH is 1. The number of alkyl halides is 5. The first-order chi connectivity index (χ1) is 18.4. The van der Waals surface area contributed by atoms with Gasteiger partial charge in [0.1, 0.15) is 0 Å². The van der Waals surface area contributed by atoms with E-state index in [2.05, 4.69) is 9.62 Å². The number of rotatable bonds is 5. The average Bonchev–Trinajstić information content (AvgIpc) is 3.06. The Hall–Kier alpha value is -3.02. The minimum Gasteiger partial charge on any atom is -0.389 e. The maximum atomic E-state index is 13.6. The van der Waals surface area contributed by atoms with Crippen LogP contribution >= 0.6 is 0 Å². The smallest absolute Gasteiger partial charge is 0.389 e. The maximum Gasteiger partial charge on any atom is 0.458 e. The zero-order valence-electron chi connectivity index (χ0n) is 20.7. The lowest BCUT2D eigenvalue weighted by Crippen LogP contribution is -2.55. The van der Waals surface area contributed by atoms with Crippen molar-refractivity contribution < 1.29 is 35.5 Å². The van der Waals surface area contributed by atoms with Crippen LogP contribution < -0.4 is 9.62 Å². The third-order valence-electron chi connectivity index (χ3n) is 7.51. The Morgan fingerprint density at radius 3 is 1.87 bits per heavy atom. The number of nitrogens with zero attached hydrogens (tertiary/aromatic N) is 1. The Balaban J connectivity index is 1.42. The van der Waals surface area contributed by atoms with Gasteiger partial charge >= 0.3 is 12.1 Å². The summed E-state index contributed by atoms with van der Waals surface area (Å²) in [7, 11) is -4.33. The molecule has 208 valence electrons. The van der Waals surface area contributed by atoms with Gasteiger partial charge in [-0.2, -0.15) is 22.0 Å². The lowest BCUT2D eigenvalue weighted by molar-refractivity contribution is -0.289. The highest BCUT2D eigenvalue weighted by molar-refractivity contribution is 7.89. The van der Waals surface area contributed by atoms with Crippen molar-refractivity contribution in [2.24, 2.45) is 0 Å². The van der Waals surface area contributed by atoms with Gasteiger partial charge in [0.05, 0.1) is 23.1 Å². The number of hydrogen-bond acceptors (Lipinski definition) is 4. The normalized spacial score (nSPS) is 22.1. The summed E-state index contributed by atoms with van der Waals surface area (Å²) in [5, 5.41) is 11.5. The molecule has 3 aromatic carbocycles. The second kappa shape index (κ2) is 10.2. The van der Waals surface area contributed by atoms with E-state index in [0.29, 0.717) is 43.5 Å². The number of hydrogen-bond donors (Lipinski definition) is 2. The Bertz CT molecular complexity index is 1400. The highest BCUT2D eigenvalue weighted by atomic mass is 32.2. The number of halogens is 5. The summed E-state index contributed by atoms with van der Waals surface area (Å²) in [6, 6.07) is 16.8. The number of fused-ring (bicyclic) bond motifs is 2. The van der Waals surface area contributed by atoms with E-state index in [1.165, 1.54) is 0 Å². The fourth-order valence-electron chi connectivity index (χ4n) is 5.51. The molecule has 5 nitrogen and oxygen atoms in total. The van der Waals surface area contributed by atoms with Gasteiger partial charge in [0.15, 0.2) is 0 Å². The van der Waals surface area contributed by atoms with Gasteiger partial charge in [0.25, 0.3) is 0 Å². The molecule has 1 fully saturated rings. The van der Waals surface area contributed by atoms with Gasteiger partial charge in [-0.3, -0.25) is 0 Å².